The highest BCUT2D eigenvalue weighted by molar-refractivity contribution is 8.04. The first-order valence-corrected chi connectivity index (χ1v) is 7.49. The summed E-state index contributed by atoms with van der Waals surface area (Å²) >= 11 is 0. The zero-order chi connectivity index (χ0) is 14.3. The van der Waals surface area contributed by atoms with Crippen molar-refractivity contribution in [2.45, 2.75) is 20.8 Å². The lowest BCUT2D eigenvalue weighted by Gasteiger charge is -2.26. The minimum atomic E-state index is -3.61. The molecular weight excluding hydrogens is 260 g/mol. The van der Waals surface area contributed by atoms with E-state index in [4.69, 9.17) is 0 Å². The van der Waals surface area contributed by atoms with Gasteiger partial charge in [-0.3, -0.25) is 4.79 Å². The molecule has 4 heteroatoms. The van der Waals surface area contributed by atoms with Crippen LogP contribution >= 0.6 is 0 Å². The van der Waals surface area contributed by atoms with Gasteiger partial charge in [-0.2, -0.15) is 0 Å². The SMILES string of the molecule is CC(C)(C)C1=CC(=O)C=C(c2ccccc2)S1(=O)=O. The number of hydrogen-bond acceptors (Lipinski definition) is 3. The molecule has 0 amide bonds. The summed E-state index contributed by atoms with van der Waals surface area (Å²) in [5.74, 6) is -0.279. The molecular formula is C15H16O3S. The lowest BCUT2D eigenvalue weighted by atomic mass is 9.95. The molecule has 2 rings (SSSR count). The molecule has 19 heavy (non-hydrogen) atoms. The van der Waals surface area contributed by atoms with Gasteiger partial charge in [-0.05, 0) is 11.0 Å². The molecule has 3 nitrogen and oxygen atoms in total. The number of rotatable bonds is 1. The van der Waals surface area contributed by atoms with E-state index in [0.717, 1.165) is 0 Å². The van der Waals surface area contributed by atoms with Gasteiger partial charge in [-0.25, -0.2) is 8.42 Å². The normalized spacial score (nSPS) is 18.8. The van der Waals surface area contributed by atoms with Gasteiger partial charge < -0.3 is 0 Å². The Morgan fingerprint density at radius 2 is 1.53 bits per heavy atom. The van der Waals surface area contributed by atoms with Gasteiger partial charge in [0.2, 0.25) is 9.84 Å². The summed E-state index contributed by atoms with van der Waals surface area (Å²) in [6, 6.07) is 8.71. The van der Waals surface area contributed by atoms with E-state index in [0.29, 0.717) is 5.56 Å². The zero-order valence-corrected chi connectivity index (χ0v) is 12.0. The Kier molecular flexibility index (Phi) is 3.22. The number of benzene rings is 1. The van der Waals surface area contributed by atoms with Gasteiger partial charge >= 0.3 is 0 Å². The van der Waals surface area contributed by atoms with Gasteiger partial charge in [0.25, 0.3) is 0 Å². The molecule has 1 aromatic rings. The Labute approximate surface area is 113 Å². The van der Waals surface area contributed by atoms with Crippen molar-refractivity contribution >= 4 is 20.5 Å². The maximum absolute atomic E-state index is 12.6. The van der Waals surface area contributed by atoms with E-state index >= 15 is 0 Å². The van der Waals surface area contributed by atoms with Gasteiger partial charge in [0.15, 0.2) is 5.78 Å². The fourth-order valence-corrected chi connectivity index (χ4v) is 4.07. The first kappa shape index (κ1) is 13.7. The molecule has 0 bridgehead atoms. The minimum absolute atomic E-state index is 0.0884. The highest BCUT2D eigenvalue weighted by Gasteiger charge is 2.36. The van der Waals surface area contributed by atoms with Crippen LogP contribution in [0.4, 0.5) is 0 Å². The molecule has 100 valence electrons. The van der Waals surface area contributed by atoms with Crippen molar-refractivity contribution < 1.29 is 13.2 Å². The van der Waals surface area contributed by atoms with Crippen molar-refractivity contribution in [1.29, 1.82) is 0 Å². The standard InChI is InChI=1S/C15H16O3S/c1-15(2,3)14-10-12(16)9-13(19(14,17)18)11-7-5-4-6-8-11/h4-10H,1-3H3. The molecule has 1 aliphatic rings. The van der Waals surface area contributed by atoms with Crippen LogP contribution in [-0.2, 0) is 14.6 Å². The van der Waals surface area contributed by atoms with Crippen LogP contribution in [0.25, 0.3) is 4.91 Å². The van der Waals surface area contributed by atoms with E-state index in [1.54, 1.807) is 45.0 Å². The Bertz CT molecular complexity index is 672. The Balaban J connectivity index is 2.63. The highest BCUT2D eigenvalue weighted by Crippen LogP contribution is 2.39. The van der Waals surface area contributed by atoms with E-state index in [1.165, 1.54) is 12.2 Å². The molecule has 0 saturated carbocycles. The predicted molar refractivity (Wildman–Crippen MR) is 75.9 cm³/mol. The number of hydrogen-bond donors (Lipinski definition) is 0. The molecule has 0 atom stereocenters. The molecule has 1 heterocycles. The van der Waals surface area contributed by atoms with Crippen LogP contribution in [0, 0.1) is 5.41 Å². The lowest BCUT2D eigenvalue weighted by Crippen LogP contribution is -2.23. The van der Waals surface area contributed by atoms with Crippen LogP contribution in [-0.4, -0.2) is 14.2 Å². The second-order valence-electron chi connectivity index (χ2n) is 5.54. The van der Waals surface area contributed by atoms with Gasteiger partial charge in [0.05, 0.1) is 9.81 Å². The number of allylic oxidation sites excluding steroid dienone is 3. The monoisotopic (exact) mass is 276 g/mol. The molecule has 0 radical (unpaired) electrons. The smallest absolute Gasteiger partial charge is 0.204 e. The molecule has 0 spiro atoms. The zero-order valence-electron chi connectivity index (χ0n) is 11.2. The molecule has 0 aromatic heterocycles. The molecule has 1 aromatic carbocycles. The summed E-state index contributed by atoms with van der Waals surface area (Å²) in [5, 5.41) is 0. The number of ketones is 1. The summed E-state index contributed by atoms with van der Waals surface area (Å²) in [4.78, 5) is 12.0. The Morgan fingerprint density at radius 1 is 0.947 bits per heavy atom. The van der Waals surface area contributed by atoms with Crippen molar-refractivity contribution in [1.82, 2.24) is 0 Å². The van der Waals surface area contributed by atoms with Gasteiger partial charge in [0.1, 0.15) is 0 Å². The second-order valence-corrected chi connectivity index (χ2v) is 7.43. The molecule has 0 saturated heterocycles. The summed E-state index contributed by atoms with van der Waals surface area (Å²) in [7, 11) is -3.61. The average Bonchev–Trinajstić information content (AvgIpc) is 2.31. The van der Waals surface area contributed by atoms with E-state index in [2.05, 4.69) is 0 Å². The summed E-state index contributed by atoms with van der Waals surface area (Å²) in [5.41, 5.74) is -0.0475. The molecule has 0 unspecified atom stereocenters. The summed E-state index contributed by atoms with van der Waals surface area (Å²) < 4.78 is 25.2. The van der Waals surface area contributed by atoms with Crippen molar-refractivity contribution in [3.63, 3.8) is 0 Å². The second kappa shape index (κ2) is 4.46. The third-order valence-corrected chi connectivity index (χ3v) is 5.17. The van der Waals surface area contributed by atoms with Gasteiger partial charge in [0, 0.05) is 12.2 Å². The summed E-state index contributed by atoms with van der Waals surface area (Å²) in [6.07, 6.45) is 2.42. The molecule has 1 aliphatic heterocycles. The van der Waals surface area contributed by atoms with Crippen LogP contribution in [0.5, 0.6) is 0 Å². The fourth-order valence-electron chi connectivity index (χ4n) is 2.03. The van der Waals surface area contributed by atoms with Crippen LogP contribution < -0.4 is 0 Å². The number of sulfone groups is 1. The van der Waals surface area contributed by atoms with Crippen LogP contribution in [0.15, 0.2) is 47.4 Å². The molecule has 0 aliphatic carbocycles. The van der Waals surface area contributed by atoms with E-state index in [1.807, 2.05) is 6.07 Å². The Morgan fingerprint density at radius 3 is 2.05 bits per heavy atom. The van der Waals surface area contributed by atoms with E-state index < -0.39 is 15.3 Å². The van der Waals surface area contributed by atoms with E-state index in [9.17, 15) is 13.2 Å². The van der Waals surface area contributed by atoms with Crippen LogP contribution in [0.1, 0.15) is 26.3 Å². The molecule has 0 fully saturated rings. The average molecular weight is 276 g/mol. The fraction of sp³-hybridized carbons (Fsp3) is 0.267. The topological polar surface area (TPSA) is 51.2 Å². The first-order valence-electron chi connectivity index (χ1n) is 6.01. The first-order chi connectivity index (χ1) is 8.73. The maximum Gasteiger partial charge on any atom is 0.204 e. The number of carbonyl (C=O) groups is 1. The van der Waals surface area contributed by atoms with Crippen molar-refractivity contribution in [2.24, 2.45) is 5.41 Å². The van der Waals surface area contributed by atoms with Crippen LogP contribution in [0.2, 0.25) is 0 Å². The molecule has 0 N–H and O–H groups in total. The maximum atomic E-state index is 12.6. The lowest BCUT2D eigenvalue weighted by molar-refractivity contribution is -0.110. The van der Waals surface area contributed by atoms with Crippen molar-refractivity contribution in [3.05, 3.63) is 53.0 Å². The third kappa shape index (κ3) is 2.54. The van der Waals surface area contributed by atoms with Crippen molar-refractivity contribution in [3.8, 4) is 0 Å². The van der Waals surface area contributed by atoms with Crippen molar-refractivity contribution in [2.75, 3.05) is 0 Å². The summed E-state index contributed by atoms with van der Waals surface area (Å²) in [6.45, 7) is 5.37. The Hall–Kier alpha value is -1.68. The van der Waals surface area contributed by atoms with Gasteiger partial charge in [-0.1, -0.05) is 51.1 Å². The minimum Gasteiger partial charge on any atom is -0.290 e. The van der Waals surface area contributed by atoms with Gasteiger partial charge in [-0.15, -0.1) is 0 Å². The number of carbonyl (C=O) groups excluding carboxylic acids is 1. The largest absolute Gasteiger partial charge is 0.290 e. The third-order valence-electron chi connectivity index (χ3n) is 2.92. The predicted octanol–water partition coefficient (Wildman–Crippen LogP) is 2.96. The van der Waals surface area contributed by atoms with E-state index in [-0.39, 0.29) is 15.6 Å². The van der Waals surface area contributed by atoms with Crippen LogP contribution in [0.3, 0.4) is 0 Å². The quantitative estimate of drug-likeness (QED) is 0.792. The highest BCUT2D eigenvalue weighted by atomic mass is 32.2.